The maximum atomic E-state index is 12.1. The van der Waals surface area contributed by atoms with Gasteiger partial charge in [-0.05, 0) is 35.9 Å². The zero-order valence-corrected chi connectivity index (χ0v) is 13.6. The minimum atomic E-state index is -0.577. The van der Waals surface area contributed by atoms with E-state index in [4.69, 9.17) is 10.5 Å². The van der Waals surface area contributed by atoms with Crippen LogP contribution in [0, 0.1) is 0 Å². The van der Waals surface area contributed by atoms with Crippen LogP contribution in [0.5, 0.6) is 5.75 Å². The van der Waals surface area contributed by atoms with Gasteiger partial charge in [-0.15, -0.1) is 0 Å². The SMILES string of the molecule is NC(=O)c1cncc(OCc2ccnc(NC(=O)c3cccnc3)c2)c1. The number of carbonyl (C=O) groups is 2. The van der Waals surface area contributed by atoms with Gasteiger partial charge in [-0.1, -0.05) is 0 Å². The predicted molar refractivity (Wildman–Crippen MR) is 93.5 cm³/mol. The van der Waals surface area contributed by atoms with E-state index in [2.05, 4.69) is 20.3 Å². The second-order valence-corrected chi connectivity index (χ2v) is 5.31. The number of pyridine rings is 3. The molecule has 8 nitrogen and oxygen atoms in total. The summed E-state index contributed by atoms with van der Waals surface area (Å²) in [4.78, 5) is 35.2. The lowest BCUT2D eigenvalue weighted by atomic mass is 10.2. The van der Waals surface area contributed by atoms with Crippen molar-refractivity contribution in [2.45, 2.75) is 6.61 Å². The molecule has 3 N–H and O–H groups in total. The molecule has 0 radical (unpaired) electrons. The zero-order valence-electron chi connectivity index (χ0n) is 13.6. The normalized spacial score (nSPS) is 10.2. The molecule has 130 valence electrons. The van der Waals surface area contributed by atoms with Crippen LogP contribution in [0.3, 0.4) is 0 Å². The molecular formula is C18H15N5O3. The Balaban J connectivity index is 1.65. The van der Waals surface area contributed by atoms with Gasteiger partial charge in [0.25, 0.3) is 5.91 Å². The molecule has 3 aromatic rings. The van der Waals surface area contributed by atoms with E-state index in [0.29, 0.717) is 17.1 Å². The van der Waals surface area contributed by atoms with Crippen LogP contribution in [0.25, 0.3) is 0 Å². The van der Waals surface area contributed by atoms with Crippen LogP contribution in [0.4, 0.5) is 5.82 Å². The molecule has 0 saturated heterocycles. The molecule has 0 aromatic carbocycles. The van der Waals surface area contributed by atoms with Crippen molar-refractivity contribution in [2.75, 3.05) is 5.32 Å². The lowest BCUT2D eigenvalue weighted by Gasteiger charge is -2.09. The molecule has 0 aliphatic heterocycles. The molecule has 0 fully saturated rings. The van der Waals surface area contributed by atoms with Crippen molar-refractivity contribution in [1.29, 1.82) is 0 Å². The van der Waals surface area contributed by atoms with Crippen molar-refractivity contribution >= 4 is 17.6 Å². The molecule has 2 amide bonds. The summed E-state index contributed by atoms with van der Waals surface area (Å²) in [6.45, 7) is 0.210. The molecule has 0 unspecified atom stereocenters. The van der Waals surface area contributed by atoms with E-state index in [1.54, 1.807) is 36.7 Å². The summed E-state index contributed by atoms with van der Waals surface area (Å²) in [5.41, 5.74) is 6.70. The number of hydrogen-bond acceptors (Lipinski definition) is 6. The van der Waals surface area contributed by atoms with Crippen LogP contribution in [-0.2, 0) is 6.61 Å². The van der Waals surface area contributed by atoms with Crippen LogP contribution < -0.4 is 15.8 Å². The summed E-state index contributed by atoms with van der Waals surface area (Å²) in [5.74, 6) is -0.0719. The number of nitrogens with two attached hydrogens (primary N) is 1. The number of rotatable bonds is 6. The number of primary amides is 1. The Morgan fingerprint density at radius 2 is 1.88 bits per heavy atom. The van der Waals surface area contributed by atoms with E-state index in [0.717, 1.165) is 5.56 Å². The van der Waals surface area contributed by atoms with Gasteiger partial charge in [0, 0.05) is 24.8 Å². The van der Waals surface area contributed by atoms with Gasteiger partial charge < -0.3 is 15.8 Å². The van der Waals surface area contributed by atoms with E-state index < -0.39 is 5.91 Å². The Bertz CT molecular complexity index is 931. The van der Waals surface area contributed by atoms with E-state index in [9.17, 15) is 9.59 Å². The fraction of sp³-hybridized carbons (Fsp3) is 0.0556. The first-order valence-corrected chi connectivity index (χ1v) is 7.66. The van der Waals surface area contributed by atoms with Crippen molar-refractivity contribution in [2.24, 2.45) is 5.73 Å². The lowest BCUT2D eigenvalue weighted by molar-refractivity contribution is 0.0996. The van der Waals surface area contributed by atoms with Crippen molar-refractivity contribution in [3.8, 4) is 5.75 Å². The zero-order chi connectivity index (χ0) is 18.4. The van der Waals surface area contributed by atoms with E-state index in [1.807, 2.05) is 0 Å². The summed E-state index contributed by atoms with van der Waals surface area (Å²) >= 11 is 0. The highest BCUT2D eigenvalue weighted by Gasteiger charge is 2.08. The molecule has 3 rings (SSSR count). The molecule has 0 aliphatic rings. The summed E-state index contributed by atoms with van der Waals surface area (Å²) < 4.78 is 5.61. The second-order valence-electron chi connectivity index (χ2n) is 5.31. The average molecular weight is 349 g/mol. The minimum absolute atomic E-state index is 0.210. The number of anilines is 1. The molecule has 0 saturated carbocycles. The second kappa shape index (κ2) is 7.84. The van der Waals surface area contributed by atoms with Gasteiger partial charge in [-0.2, -0.15) is 0 Å². The van der Waals surface area contributed by atoms with Gasteiger partial charge in [0.1, 0.15) is 18.2 Å². The topological polar surface area (TPSA) is 120 Å². The lowest BCUT2D eigenvalue weighted by Crippen LogP contribution is -2.13. The first-order chi connectivity index (χ1) is 12.6. The van der Waals surface area contributed by atoms with Crippen LogP contribution in [0.1, 0.15) is 26.3 Å². The first kappa shape index (κ1) is 17.0. The maximum absolute atomic E-state index is 12.1. The number of ether oxygens (including phenoxy) is 1. The summed E-state index contributed by atoms with van der Waals surface area (Å²) in [5, 5.41) is 2.70. The Kier molecular flexibility index (Phi) is 5.14. The number of amides is 2. The largest absolute Gasteiger partial charge is 0.487 e. The highest BCUT2D eigenvalue weighted by atomic mass is 16.5. The Morgan fingerprint density at radius 3 is 2.65 bits per heavy atom. The van der Waals surface area contributed by atoms with Gasteiger partial charge in [0.2, 0.25) is 5.91 Å². The van der Waals surface area contributed by atoms with Gasteiger partial charge in [0.05, 0.1) is 17.3 Å². The van der Waals surface area contributed by atoms with E-state index in [1.165, 1.54) is 24.7 Å². The predicted octanol–water partition coefficient (Wildman–Crippen LogP) is 1.80. The van der Waals surface area contributed by atoms with Crippen LogP contribution in [0.2, 0.25) is 0 Å². The van der Waals surface area contributed by atoms with Crippen LogP contribution in [-0.4, -0.2) is 26.8 Å². The van der Waals surface area contributed by atoms with Crippen molar-refractivity contribution < 1.29 is 14.3 Å². The highest BCUT2D eigenvalue weighted by molar-refractivity contribution is 6.03. The number of nitrogens with zero attached hydrogens (tertiary/aromatic N) is 3. The van der Waals surface area contributed by atoms with Crippen LogP contribution in [0.15, 0.2) is 61.3 Å². The van der Waals surface area contributed by atoms with Crippen molar-refractivity contribution in [3.63, 3.8) is 0 Å². The number of aromatic nitrogens is 3. The number of carbonyl (C=O) groups excluding carboxylic acids is 2. The molecule has 26 heavy (non-hydrogen) atoms. The molecule has 0 atom stereocenters. The first-order valence-electron chi connectivity index (χ1n) is 7.66. The highest BCUT2D eigenvalue weighted by Crippen LogP contribution is 2.15. The standard InChI is InChI=1S/C18H15N5O3/c19-17(24)14-7-15(10-21-9-14)26-11-12-3-5-22-16(6-12)23-18(25)13-2-1-4-20-8-13/h1-10H,11H2,(H2,19,24)(H,22,23,25). The maximum Gasteiger partial charge on any atom is 0.258 e. The number of nitrogens with one attached hydrogen (secondary N) is 1. The van der Waals surface area contributed by atoms with Gasteiger partial charge in [-0.3, -0.25) is 19.6 Å². The van der Waals surface area contributed by atoms with Crippen molar-refractivity contribution in [1.82, 2.24) is 15.0 Å². The average Bonchev–Trinajstić information content (AvgIpc) is 2.67. The van der Waals surface area contributed by atoms with Gasteiger partial charge >= 0.3 is 0 Å². The Hall–Kier alpha value is -3.81. The smallest absolute Gasteiger partial charge is 0.258 e. The summed E-state index contributed by atoms with van der Waals surface area (Å²) in [7, 11) is 0. The fourth-order valence-corrected chi connectivity index (χ4v) is 2.12. The van der Waals surface area contributed by atoms with Gasteiger partial charge in [-0.25, -0.2) is 4.98 Å². The third kappa shape index (κ3) is 4.38. The molecule has 0 spiro atoms. The van der Waals surface area contributed by atoms with Crippen LogP contribution >= 0.6 is 0 Å². The molecule has 3 heterocycles. The summed E-state index contributed by atoms with van der Waals surface area (Å²) in [6.07, 6.45) is 7.48. The van der Waals surface area contributed by atoms with Crippen molar-refractivity contribution in [3.05, 3.63) is 78.0 Å². The summed E-state index contributed by atoms with van der Waals surface area (Å²) in [6, 6.07) is 8.31. The quantitative estimate of drug-likeness (QED) is 0.700. The Labute approximate surface area is 149 Å². The third-order valence-electron chi connectivity index (χ3n) is 3.39. The monoisotopic (exact) mass is 349 g/mol. The molecule has 0 bridgehead atoms. The fourth-order valence-electron chi connectivity index (χ4n) is 2.12. The number of hydrogen-bond donors (Lipinski definition) is 2. The molecule has 3 aromatic heterocycles. The molecular weight excluding hydrogens is 334 g/mol. The molecule has 0 aliphatic carbocycles. The molecule has 8 heteroatoms. The van der Waals surface area contributed by atoms with Gasteiger partial charge in [0.15, 0.2) is 0 Å². The Morgan fingerprint density at radius 1 is 1.04 bits per heavy atom. The van der Waals surface area contributed by atoms with E-state index in [-0.39, 0.29) is 18.1 Å². The third-order valence-corrected chi connectivity index (χ3v) is 3.39. The minimum Gasteiger partial charge on any atom is -0.487 e. The van der Waals surface area contributed by atoms with E-state index >= 15 is 0 Å².